The molecule has 1 atom stereocenters. The third kappa shape index (κ3) is 6.86. The average Bonchev–Trinajstić information content (AvgIpc) is 2.14. The second-order valence-corrected chi connectivity index (χ2v) is 6.48. The normalized spacial score (nSPS) is 14.7. The maximum atomic E-state index is 12.9. The van der Waals surface area contributed by atoms with Gasteiger partial charge in [-0.25, -0.2) is 8.78 Å². The van der Waals surface area contributed by atoms with Crippen LogP contribution in [0.5, 0.6) is 0 Å². The number of hydrogen-bond acceptors (Lipinski definition) is 2. The number of carboxylic acids is 1. The van der Waals surface area contributed by atoms with Crippen molar-refractivity contribution in [2.45, 2.75) is 58.1 Å². The Morgan fingerprint density at radius 2 is 1.88 bits per heavy atom. The molecule has 5 heteroatoms. The van der Waals surface area contributed by atoms with Crippen molar-refractivity contribution in [3.63, 3.8) is 0 Å². The van der Waals surface area contributed by atoms with Gasteiger partial charge in [-0.1, -0.05) is 27.7 Å². The topological polar surface area (TPSA) is 37.3 Å². The number of carboxylic acid groups (broad SMARTS) is 1. The van der Waals surface area contributed by atoms with Crippen molar-refractivity contribution in [3.8, 4) is 0 Å². The summed E-state index contributed by atoms with van der Waals surface area (Å²) >= 11 is 1.25. The molecule has 0 spiro atoms. The lowest BCUT2D eigenvalue weighted by atomic mass is 9.92. The van der Waals surface area contributed by atoms with Gasteiger partial charge in [-0.15, -0.1) is 11.8 Å². The number of hydrogen-bond donors (Lipinski definition) is 1. The predicted molar refractivity (Wildman–Crippen MR) is 67.8 cm³/mol. The monoisotopic (exact) mass is 268 g/mol. The van der Waals surface area contributed by atoms with E-state index < -0.39 is 17.1 Å². The van der Waals surface area contributed by atoms with Crippen molar-refractivity contribution in [1.29, 1.82) is 0 Å². The molecule has 1 unspecified atom stereocenters. The molecule has 0 heterocycles. The van der Waals surface area contributed by atoms with E-state index in [2.05, 4.69) is 0 Å². The highest BCUT2D eigenvalue weighted by Crippen LogP contribution is 2.32. The zero-order valence-corrected chi connectivity index (χ0v) is 11.7. The van der Waals surface area contributed by atoms with Crippen LogP contribution < -0.4 is 0 Å². The summed E-state index contributed by atoms with van der Waals surface area (Å²) in [4.78, 5) is 11.0. The maximum Gasteiger partial charge on any atom is 0.317 e. The number of thioether (sulfide) groups is 1. The van der Waals surface area contributed by atoms with Crippen LogP contribution in [-0.4, -0.2) is 28.0 Å². The molecule has 0 aliphatic rings. The maximum absolute atomic E-state index is 12.9. The summed E-state index contributed by atoms with van der Waals surface area (Å²) in [5.41, 5.74) is -0.357. The molecule has 0 amide bonds. The van der Waals surface area contributed by atoms with Crippen LogP contribution in [0.4, 0.5) is 8.78 Å². The molecule has 0 fully saturated rings. The van der Waals surface area contributed by atoms with Gasteiger partial charge in [0.25, 0.3) is 0 Å². The van der Waals surface area contributed by atoms with Crippen molar-refractivity contribution in [1.82, 2.24) is 0 Å². The van der Waals surface area contributed by atoms with Crippen LogP contribution in [0.25, 0.3) is 0 Å². The summed E-state index contributed by atoms with van der Waals surface area (Å²) in [6, 6.07) is 0. The van der Waals surface area contributed by atoms with Gasteiger partial charge in [0.15, 0.2) is 0 Å². The van der Waals surface area contributed by atoms with Crippen LogP contribution >= 0.6 is 11.8 Å². The van der Waals surface area contributed by atoms with Crippen LogP contribution in [0.2, 0.25) is 0 Å². The molecule has 0 aromatic heterocycles. The van der Waals surface area contributed by atoms with Crippen molar-refractivity contribution < 1.29 is 18.7 Å². The van der Waals surface area contributed by atoms with Gasteiger partial charge in [-0.05, 0) is 17.6 Å². The van der Waals surface area contributed by atoms with E-state index in [1.165, 1.54) is 18.7 Å². The third-order valence-corrected chi connectivity index (χ3v) is 4.27. The molecule has 0 bridgehead atoms. The summed E-state index contributed by atoms with van der Waals surface area (Å²) in [5.74, 6) is -3.02. The molecule has 2 nitrogen and oxygen atoms in total. The van der Waals surface area contributed by atoms with E-state index in [9.17, 15) is 13.6 Å². The van der Waals surface area contributed by atoms with Gasteiger partial charge in [-0.2, -0.15) is 0 Å². The Labute approximate surface area is 106 Å². The fourth-order valence-corrected chi connectivity index (χ4v) is 2.59. The predicted octanol–water partition coefficient (Wildman–Crippen LogP) is 4.04. The minimum atomic E-state index is -2.61. The van der Waals surface area contributed by atoms with Crippen molar-refractivity contribution in [3.05, 3.63) is 0 Å². The summed E-state index contributed by atoms with van der Waals surface area (Å²) in [7, 11) is 0. The molecular weight excluding hydrogens is 246 g/mol. The lowest BCUT2D eigenvalue weighted by molar-refractivity contribution is -0.138. The number of alkyl halides is 2. The van der Waals surface area contributed by atoms with E-state index in [1.54, 1.807) is 0 Å². The molecule has 0 aliphatic carbocycles. The summed E-state index contributed by atoms with van der Waals surface area (Å²) in [6.07, 6.45) is 0.0393. The van der Waals surface area contributed by atoms with Crippen LogP contribution in [0, 0.1) is 5.41 Å². The molecular formula is C12H22F2O2S. The van der Waals surface area contributed by atoms with Crippen molar-refractivity contribution in [2.24, 2.45) is 5.41 Å². The highest BCUT2D eigenvalue weighted by molar-refractivity contribution is 8.00. The fraction of sp³-hybridized carbons (Fsp3) is 0.917. The molecule has 102 valence electrons. The quantitative estimate of drug-likeness (QED) is 0.708. The van der Waals surface area contributed by atoms with Crippen molar-refractivity contribution >= 4 is 17.7 Å². The molecule has 0 radical (unpaired) electrons. The average molecular weight is 268 g/mol. The summed E-state index contributed by atoms with van der Waals surface area (Å²) in [6.45, 7) is 7.00. The molecule has 0 rings (SSSR count). The largest absolute Gasteiger partial charge is 0.480 e. The number of carbonyl (C=O) groups is 1. The lowest BCUT2D eigenvalue weighted by Gasteiger charge is -2.26. The lowest BCUT2D eigenvalue weighted by Crippen LogP contribution is -2.31. The molecule has 0 aromatic rings. The minimum Gasteiger partial charge on any atom is -0.480 e. The summed E-state index contributed by atoms with van der Waals surface area (Å²) < 4.78 is 25.9. The van der Waals surface area contributed by atoms with Crippen LogP contribution in [0.1, 0.15) is 47.0 Å². The van der Waals surface area contributed by atoms with Gasteiger partial charge in [0.2, 0.25) is 5.92 Å². The number of halogens is 2. The smallest absolute Gasteiger partial charge is 0.317 e. The first kappa shape index (κ1) is 16.7. The Kier molecular flexibility index (Phi) is 6.45. The van der Waals surface area contributed by atoms with E-state index in [0.29, 0.717) is 12.2 Å². The van der Waals surface area contributed by atoms with E-state index in [4.69, 9.17) is 5.11 Å². The third-order valence-electron chi connectivity index (χ3n) is 2.50. The Balaban J connectivity index is 4.05. The zero-order chi connectivity index (χ0) is 13.7. The van der Waals surface area contributed by atoms with E-state index in [0.717, 1.165) is 0 Å². The van der Waals surface area contributed by atoms with Gasteiger partial charge < -0.3 is 5.11 Å². The van der Waals surface area contributed by atoms with Gasteiger partial charge in [0.1, 0.15) is 5.25 Å². The van der Waals surface area contributed by atoms with Gasteiger partial charge in [0.05, 0.1) is 0 Å². The van der Waals surface area contributed by atoms with Crippen LogP contribution in [0.3, 0.4) is 0 Å². The van der Waals surface area contributed by atoms with Crippen LogP contribution in [0.15, 0.2) is 0 Å². The van der Waals surface area contributed by atoms with Crippen LogP contribution in [-0.2, 0) is 4.79 Å². The number of aliphatic carboxylic acids is 1. The van der Waals surface area contributed by atoms with E-state index in [1.807, 2.05) is 20.8 Å². The second kappa shape index (κ2) is 6.57. The van der Waals surface area contributed by atoms with E-state index >= 15 is 0 Å². The Hall–Kier alpha value is -0.320. The summed E-state index contributed by atoms with van der Waals surface area (Å²) in [5, 5.41) is 8.50. The van der Waals surface area contributed by atoms with E-state index in [-0.39, 0.29) is 18.3 Å². The molecule has 0 aromatic carbocycles. The SMILES string of the molecule is CCC(F)(F)CCCSC(C(=O)O)C(C)(C)C. The van der Waals surface area contributed by atoms with Gasteiger partial charge in [-0.3, -0.25) is 4.79 Å². The standard InChI is InChI=1S/C12H22F2O2S/c1-5-12(13,14)7-6-8-17-9(10(15)16)11(2,3)4/h9H,5-8H2,1-4H3,(H,15,16). The highest BCUT2D eigenvalue weighted by atomic mass is 32.2. The highest BCUT2D eigenvalue weighted by Gasteiger charge is 2.32. The Morgan fingerprint density at radius 3 is 2.24 bits per heavy atom. The second-order valence-electron chi connectivity index (χ2n) is 5.27. The minimum absolute atomic E-state index is 0.153. The van der Waals surface area contributed by atoms with Gasteiger partial charge in [0, 0.05) is 12.8 Å². The first-order chi connectivity index (χ1) is 7.60. The Morgan fingerprint density at radius 1 is 1.35 bits per heavy atom. The molecule has 17 heavy (non-hydrogen) atoms. The zero-order valence-electron chi connectivity index (χ0n) is 10.9. The number of rotatable bonds is 7. The molecule has 0 saturated heterocycles. The first-order valence-corrected chi connectivity index (χ1v) is 6.87. The fourth-order valence-electron chi connectivity index (χ4n) is 1.40. The Bertz CT molecular complexity index is 249. The molecule has 0 aliphatic heterocycles. The molecule has 1 N–H and O–H groups in total. The van der Waals surface area contributed by atoms with Gasteiger partial charge >= 0.3 is 5.97 Å². The first-order valence-electron chi connectivity index (χ1n) is 5.82. The molecule has 0 saturated carbocycles. The van der Waals surface area contributed by atoms with Crippen molar-refractivity contribution in [2.75, 3.05) is 5.75 Å².